The molecule has 1 saturated carbocycles. The number of hydrogen-bond donors (Lipinski definition) is 2. The summed E-state index contributed by atoms with van der Waals surface area (Å²) in [7, 11) is 0. The number of ether oxygens (including phenoxy) is 1. The second-order valence-corrected chi connectivity index (χ2v) is 6.90. The lowest BCUT2D eigenvalue weighted by molar-refractivity contribution is -0.134. The molecule has 1 aromatic rings. The molecule has 0 bridgehead atoms. The van der Waals surface area contributed by atoms with E-state index in [0.717, 1.165) is 37.2 Å². The Balaban J connectivity index is 0.00000208. The summed E-state index contributed by atoms with van der Waals surface area (Å²) in [5.41, 5.74) is 0.852. The van der Waals surface area contributed by atoms with Gasteiger partial charge in [0, 0.05) is 12.1 Å². The summed E-state index contributed by atoms with van der Waals surface area (Å²) in [6, 6.07) is 7.95. The van der Waals surface area contributed by atoms with Gasteiger partial charge in [-0.05, 0) is 45.2 Å². The Bertz CT molecular complexity index is 566. The molecule has 1 amide bonds. The monoisotopic (exact) mass is 352 g/mol. The van der Waals surface area contributed by atoms with Crippen LogP contribution in [0, 0.1) is 11.3 Å². The number of amides is 1. The Morgan fingerprint density at radius 1 is 1.42 bits per heavy atom. The molecule has 0 aromatic heterocycles. The van der Waals surface area contributed by atoms with Gasteiger partial charge < -0.3 is 15.4 Å². The predicted molar refractivity (Wildman–Crippen MR) is 98.7 cm³/mol. The molecular weight excluding hydrogens is 324 g/mol. The number of para-hydroxylation sites is 1. The molecule has 3 atom stereocenters. The van der Waals surface area contributed by atoms with Crippen LogP contribution in [0.3, 0.4) is 0 Å². The lowest BCUT2D eigenvalue weighted by Gasteiger charge is -2.38. The smallest absolute Gasteiger partial charge is 0.228 e. The van der Waals surface area contributed by atoms with E-state index in [1.54, 1.807) is 0 Å². The van der Waals surface area contributed by atoms with Gasteiger partial charge in [-0.25, -0.2) is 0 Å². The number of benzene rings is 1. The fraction of sp³-hybridized carbons (Fsp3) is 0.632. The van der Waals surface area contributed by atoms with Crippen molar-refractivity contribution in [2.24, 2.45) is 11.3 Å². The quantitative estimate of drug-likeness (QED) is 0.853. The maximum Gasteiger partial charge on any atom is 0.228 e. The summed E-state index contributed by atoms with van der Waals surface area (Å²) in [6.07, 6.45) is 4.60. The minimum atomic E-state index is -0.201. The molecule has 3 rings (SSSR count). The third-order valence-electron chi connectivity index (χ3n) is 5.52. The molecule has 1 unspecified atom stereocenters. The van der Waals surface area contributed by atoms with Crippen molar-refractivity contribution in [2.75, 3.05) is 19.7 Å². The van der Waals surface area contributed by atoms with Crippen LogP contribution in [0.15, 0.2) is 24.3 Å². The van der Waals surface area contributed by atoms with E-state index in [-0.39, 0.29) is 29.8 Å². The summed E-state index contributed by atoms with van der Waals surface area (Å²) in [4.78, 5) is 13.1. The Labute approximate surface area is 151 Å². The van der Waals surface area contributed by atoms with Crippen molar-refractivity contribution in [3.63, 3.8) is 0 Å². The number of hydrogen-bond acceptors (Lipinski definition) is 3. The average molecular weight is 353 g/mol. The summed E-state index contributed by atoms with van der Waals surface area (Å²) < 4.78 is 5.71. The van der Waals surface area contributed by atoms with Gasteiger partial charge in [0.1, 0.15) is 5.75 Å². The average Bonchev–Trinajstić information content (AvgIpc) is 3.01. The minimum absolute atomic E-state index is 0. The van der Waals surface area contributed by atoms with Crippen LogP contribution in [0.2, 0.25) is 0 Å². The van der Waals surface area contributed by atoms with Crippen LogP contribution >= 0.6 is 12.4 Å². The summed E-state index contributed by atoms with van der Waals surface area (Å²) in [5, 5.41) is 6.71. The molecule has 4 nitrogen and oxygen atoms in total. The van der Waals surface area contributed by atoms with Gasteiger partial charge in [0.2, 0.25) is 5.91 Å². The van der Waals surface area contributed by atoms with Crippen LogP contribution in [0.25, 0.3) is 0 Å². The highest BCUT2D eigenvalue weighted by Crippen LogP contribution is 2.44. The number of carbonyl (C=O) groups excluding carboxylic acids is 1. The Morgan fingerprint density at radius 2 is 2.21 bits per heavy atom. The summed E-state index contributed by atoms with van der Waals surface area (Å²) in [5.74, 6) is 1.57. The molecule has 2 fully saturated rings. The fourth-order valence-electron chi connectivity index (χ4n) is 4.23. The molecule has 1 saturated heterocycles. The number of rotatable bonds is 5. The predicted octanol–water partition coefficient (Wildman–Crippen LogP) is 3.46. The van der Waals surface area contributed by atoms with Crippen molar-refractivity contribution in [3.05, 3.63) is 29.8 Å². The summed E-state index contributed by atoms with van der Waals surface area (Å²) >= 11 is 0. The van der Waals surface area contributed by atoms with E-state index in [2.05, 4.69) is 10.6 Å². The Hall–Kier alpha value is -1.26. The van der Waals surface area contributed by atoms with Crippen LogP contribution in [0.5, 0.6) is 5.75 Å². The van der Waals surface area contributed by atoms with E-state index in [0.29, 0.717) is 12.5 Å². The zero-order valence-corrected chi connectivity index (χ0v) is 15.5. The SMILES string of the molecule is CCOc1ccccc1C(C)NC(=O)[C@@]12CCCC[C@H]1CNC2.Cl. The van der Waals surface area contributed by atoms with Crippen LogP contribution < -0.4 is 15.4 Å². The molecule has 1 aliphatic heterocycles. The molecule has 0 spiro atoms. The van der Waals surface area contributed by atoms with Crippen molar-refractivity contribution in [1.29, 1.82) is 0 Å². The molecule has 1 heterocycles. The number of fused-ring (bicyclic) bond motifs is 1. The largest absolute Gasteiger partial charge is 0.494 e. The molecule has 134 valence electrons. The van der Waals surface area contributed by atoms with Gasteiger partial charge in [-0.15, -0.1) is 12.4 Å². The van der Waals surface area contributed by atoms with Gasteiger partial charge in [-0.1, -0.05) is 31.0 Å². The highest BCUT2D eigenvalue weighted by molar-refractivity contribution is 5.85. The topological polar surface area (TPSA) is 50.4 Å². The molecule has 5 heteroatoms. The first kappa shape index (κ1) is 19.1. The number of carbonyl (C=O) groups is 1. The van der Waals surface area contributed by atoms with E-state index in [1.165, 1.54) is 12.8 Å². The van der Waals surface area contributed by atoms with E-state index >= 15 is 0 Å². The van der Waals surface area contributed by atoms with Crippen molar-refractivity contribution in [3.8, 4) is 5.75 Å². The third-order valence-corrected chi connectivity index (χ3v) is 5.52. The Kier molecular flexibility index (Phi) is 6.53. The van der Waals surface area contributed by atoms with Gasteiger partial charge in [0.15, 0.2) is 0 Å². The van der Waals surface area contributed by atoms with Crippen LogP contribution in [0.4, 0.5) is 0 Å². The maximum absolute atomic E-state index is 13.1. The van der Waals surface area contributed by atoms with E-state index in [9.17, 15) is 4.79 Å². The summed E-state index contributed by atoms with van der Waals surface area (Å²) in [6.45, 7) is 6.47. The first-order valence-corrected chi connectivity index (χ1v) is 8.91. The number of halogens is 1. The van der Waals surface area contributed by atoms with E-state index in [1.807, 2.05) is 38.1 Å². The van der Waals surface area contributed by atoms with Crippen molar-refractivity contribution in [1.82, 2.24) is 10.6 Å². The number of nitrogens with one attached hydrogen (secondary N) is 2. The zero-order chi connectivity index (χ0) is 16.3. The molecule has 24 heavy (non-hydrogen) atoms. The van der Waals surface area contributed by atoms with Gasteiger partial charge in [0.05, 0.1) is 18.1 Å². The lowest BCUT2D eigenvalue weighted by atomic mass is 9.67. The standard InChI is InChI=1S/C19H28N2O2.ClH/c1-3-23-17-10-5-4-9-16(17)14(2)21-18(22)19-11-7-6-8-15(19)12-20-13-19;/h4-5,9-10,14-15,20H,3,6-8,11-13H2,1-2H3,(H,21,22);1H/t14?,15-,19+;/m0./s1. The van der Waals surface area contributed by atoms with Crippen LogP contribution in [-0.4, -0.2) is 25.6 Å². The molecule has 2 aliphatic rings. The third kappa shape index (κ3) is 3.55. The minimum Gasteiger partial charge on any atom is -0.494 e. The van der Waals surface area contributed by atoms with Gasteiger partial charge in [0.25, 0.3) is 0 Å². The fourth-order valence-corrected chi connectivity index (χ4v) is 4.23. The zero-order valence-electron chi connectivity index (χ0n) is 14.6. The first-order chi connectivity index (χ1) is 11.2. The lowest BCUT2D eigenvalue weighted by Crippen LogP contribution is -2.48. The van der Waals surface area contributed by atoms with Gasteiger partial charge in [-0.2, -0.15) is 0 Å². The highest BCUT2D eigenvalue weighted by atomic mass is 35.5. The van der Waals surface area contributed by atoms with Gasteiger partial charge in [-0.3, -0.25) is 4.79 Å². The molecule has 0 radical (unpaired) electrons. The molecule has 1 aliphatic carbocycles. The molecule has 1 aromatic carbocycles. The van der Waals surface area contributed by atoms with Gasteiger partial charge >= 0.3 is 0 Å². The van der Waals surface area contributed by atoms with E-state index < -0.39 is 0 Å². The van der Waals surface area contributed by atoms with Crippen LogP contribution in [0.1, 0.15) is 51.1 Å². The Morgan fingerprint density at radius 3 is 3.00 bits per heavy atom. The van der Waals surface area contributed by atoms with Crippen LogP contribution in [-0.2, 0) is 4.79 Å². The van der Waals surface area contributed by atoms with Crippen molar-refractivity contribution >= 4 is 18.3 Å². The van der Waals surface area contributed by atoms with Crippen molar-refractivity contribution in [2.45, 2.75) is 45.6 Å². The molecule has 2 N–H and O–H groups in total. The maximum atomic E-state index is 13.1. The van der Waals surface area contributed by atoms with Crippen molar-refractivity contribution < 1.29 is 9.53 Å². The first-order valence-electron chi connectivity index (χ1n) is 8.91. The second-order valence-electron chi connectivity index (χ2n) is 6.90. The second kappa shape index (κ2) is 8.21. The van der Waals surface area contributed by atoms with E-state index in [4.69, 9.17) is 4.74 Å². The molecular formula is C19H29ClN2O2. The normalized spacial score (nSPS) is 26.8. The highest BCUT2D eigenvalue weighted by Gasteiger charge is 2.50.